The van der Waals surface area contributed by atoms with E-state index in [0.29, 0.717) is 11.4 Å². The molecule has 24 heavy (non-hydrogen) atoms. The van der Waals surface area contributed by atoms with Crippen LogP contribution < -0.4 is 10.1 Å². The lowest BCUT2D eigenvalue weighted by Crippen LogP contribution is -2.22. The Balaban J connectivity index is 2.26. The van der Waals surface area contributed by atoms with Crippen molar-refractivity contribution < 1.29 is 17.9 Å². The van der Waals surface area contributed by atoms with Gasteiger partial charge in [-0.15, -0.1) is 11.3 Å². The van der Waals surface area contributed by atoms with E-state index >= 15 is 0 Å². The topological polar surface area (TPSA) is 75.7 Å². The first kappa shape index (κ1) is 18.2. The van der Waals surface area contributed by atoms with Gasteiger partial charge in [0.2, 0.25) is 15.9 Å². The third-order valence-corrected chi connectivity index (χ3v) is 5.80. The standard InChI is InChI=1S/C16H18N2O4S2/c1-18(2)24(20,21)13-7-8-15(22-3)14(11-13)17-16(19)9-6-12-5-4-10-23-12/h4-11H,1-3H3,(H,17,19). The second-order valence-electron chi connectivity index (χ2n) is 4.99. The molecule has 0 fully saturated rings. The second kappa shape index (κ2) is 7.61. The van der Waals surface area contributed by atoms with Crippen molar-refractivity contribution in [2.75, 3.05) is 26.5 Å². The Hall–Kier alpha value is -2.16. The molecule has 128 valence electrons. The number of anilines is 1. The zero-order chi connectivity index (χ0) is 17.7. The average molecular weight is 366 g/mol. The summed E-state index contributed by atoms with van der Waals surface area (Å²) in [5.41, 5.74) is 0.293. The molecule has 0 bridgehead atoms. The molecule has 0 atom stereocenters. The third kappa shape index (κ3) is 4.22. The molecule has 2 rings (SSSR count). The Bertz CT molecular complexity index is 841. The van der Waals surface area contributed by atoms with E-state index in [1.54, 1.807) is 6.08 Å². The normalized spacial score (nSPS) is 11.8. The monoisotopic (exact) mass is 366 g/mol. The fourth-order valence-corrected chi connectivity index (χ4v) is 3.42. The largest absolute Gasteiger partial charge is 0.495 e. The van der Waals surface area contributed by atoms with Crippen molar-refractivity contribution in [1.82, 2.24) is 4.31 Å². The van der Waals surface area contributed by atoms with Gasteiger partial charge in [-0.3, -0.25) is 4.79 Å². The van der Waals surface area contributed by atoms with Crippen molar-refractivity contribution in [3.05, 3.63) is 46.7 Å². The molecule has 8 heteroatoms. The van der Waals surface area contributed by atoms with Gasteiger partial charge >= 0.3 is 0 Å². The summed E-state index contributed by atoms with van der Waals surface area (Å²) >= 11 is 1.51. The Labute approximate surface area is 145 Å². The van der Waals surface area contributed by atoms with E-state index in [4.69, 9.17) is 4.74 Å². The molecule has 0 saturated heterocycles. The predicted octanol–water partition coefficient (Wildman–Crippen LogP) is 2.66. The maximum absolute atomic E-state index is 12.2. The highest BCUT2D eigenvalue weighted by Crippen LogP contribution is 2.28. The van der Waals surface area contributed by atoms with Gasteiger partial charge in [0, 0.05) is 25.0 Å². The van der Waals surface area contributed by atoms with Gasteiger partial charge in [-0.05, 0) is 35.7 Å². The number of benzene rings is 1. The summed E-state index contributed by atoms with van der Waals surface area (Å²) in [4.78, 5) is 13.1. The molecule has 0 saturated carbocycles. The quantitative estimate of drug-likeness (QED) is 0.798. The second-order valence-corrected chi connectivity index (χ2v) is 8.12. The molecule has 2 aromatic rings. The summed E-state index contributed by atoms with van der Waals surface area (Å²) in [7, 11) is 0.745. The molecule has 0 radical (unpaired) electrons. The van der Waals surface area contributed by atoms with Crippen LogP contribution >= 0.6 is 11.3 Å². The van der Waals surface area contributed by atoms with E-state index in [2.05, 4.69) is 5.32 Å². The first-order chi connectivity index (χ1) is 11.3. The summed E-state index contributed by atoms with van der Waals surface area (Å²) in [6.07, 6.45) is 3.07. The highest BCUT2D eigenvalue weighted by Gasteiger charge is 2.19. The fraction of sp³-hybridized carbons (Fsp3) is 0.188. The minimum atomic E-state index is -3.60. The van der Waals surface area contributed by atoms with Crippen LogP contribution in [0.2, 0.25) is 0 Å². The zero-order valence-electron chi connectivity index (χ0n) is 13.5. The van der Waals surface area contributed by atoms with Gasteiger partial charge in [-0.2, -0.15) is 0 Å². The molecule has 0 aliphatic rings. The van der Waals surface area contributed by atoms with Crippen LogP contribution in [-0.2, 0) is 14.8 Å². The molecule has 1 amide bonds. The molecule has 1 aromatic carbocycles. The van der Waals surface area contributed by atoms with E-state index in [1.165, 1.54) is 56.8 Å². The molecule has 0 spiro atoms. The minimum absolute atomic E-state index is 0.0748. The zero-order valence-corrected chi connectivity index (χ0v) is 15.1. The Morgan fingerprint density at radius 2 is 2.04 bits per heavy atom. The number of ether oxygens (including phenoxy) is 1. The number of carbonyl (C=O) groups is 1. The fourth-order valence-electron chi connectivity index (χ4n) is 1.87. The average Bonchev–Trinajstić information content (AvgIpc) is 3.06. The Morgan fingerprint density at radius 3 is 2.62 bits per heavy atom. The number of hydrogen-bond acceptors (Lipinski definition) is 5. The van der Waals surface area contributed by atoms with Crippen LogP contribution in [0.15, 0.2) is 46.7 Å². The molecule has 0 aliphatic heterocycles. The summed E-state index contributed by atoms with van der Waals surface area (Å²) in [5, 5.41) is 4.56. The van der Waals surface area contributed by atoms with Crippen LogP contribution in [0.1, 0.15) is 4.88 Å². The van der Waals surface area contributed by atoms with Gasteiger partial charge in [0.05, 0.1) is 17.7 Å². The number of nitrogens with zero attached hydrogens (tertiary/aromatic N) is 1. The van der Waals surface area contributed by atoms with Crippen molar-refractivity contribution in [1.29, 1.82) is 0 Å². The molecule has 1 heterocycles. The van der Waals surface area contributed by atoms with Gasteiger partial charge in [0.1, 0.15) is 5.75 Å². The van der Waals surface area contributed by atoms with Gasteiger partial charge in [0.15, 0.2) is 0 Å². The number of amides is 1. The molecule has 1 aromatic heterocycles. The van der Waals surface area contributed by atoms with Crippen molar-refractivity contribution in [2.24, 2.45) is 0 Å². The first-order valence-corrected chi connectivity index (χ1v) is 9.29. The number of methoxy groups -OCH3 is 1. The number of carbonyl (C=O) groups excluding carboxylic acids is 1. The molecule has 0 unspecified atom stereocenters. The SMILES string of the molecule is COc1ccc(S(=O)(=O)N(C)C)cc1NC(=O)C=Cc1cccs1. The Kier molecular flexibility index (Phi) is 5.76. The third-order valence-electron chi connectivity index (χ3n) is 3.15. The van der Waals surface area contributed by atoms with Crippen molar-refractivity contribution in [3.8, 4) is 5.75 Å². The van der Waals surface area contributed by atoms with Crippen LogP contribution in [0.4, 0.5) is 5.69 Å². The first-order valence-electron chi connectivity index (χ1n) is 6.97. The lowest BCUT2D eigenvalue weighted by Gasteiger charge is -2.14. The highest BCUT2D eigenvalue weighted by atomic mass is 32.2. The van der Waals surface area contributed by atoms with Crippen LogP contribution in [0.5, 0.6) is 5.75 Å². The van der Waals surface area contributed by atoms with Crippen LogP contribution in [0.3, 0.4) is 0 Å². The van der Waals surface area contributed by atoms with E-state index < -0.39 is 10.0 Å². The van der Waals surface area contributed by atoms with Crippen molar-refractivity contribution >= 4 is 39.0 Å². The molecule has 6 nitrogen and oxygen atoms in total. The highest BCUT2D eigenvalue weighted by molar-refractivity contribution is 7.89. The van der Waals surface area contributed by atoms with Crippen LogP contribution in [-0.4, -0.2) is 39.8 Å². The summed E-state index contributed by atoms with van der Waals surface area (Å²) < 4.78 is 30.7. The van der Waals surface area contributed by atoms with Crippen LogP contribution in [0.25, 0.3) is 6.08 Å². The summed E-state index contributed by atoms with van der Waals surface area (Å²) in [6, 6.07) is 8.10. The lowest BCUT2D eigenvalue weighted by atomic mass is 10.3. The number of rotatable bonds is 6. The number of thiophene rings is 1. The Morgan fingerprint density at radius 1 is 1.29 bits per heavy atom. The van der Waals surface area contributed by atoms with Crippen molar-refractivity contribution in [3.63, 3.8) is 0 Å². The smallest absolute Gasteiger partial charge is 0.248 e. The van der Waals surface area contributed by atoms with Gasteiger partial charge < -0.3 is 10.1 Å². The minimum Gasteiger partial charge on any atom is -0.495 e. The lowest BCUT2D eigenvalue weighted by molar-refractivity contribution is -0.111. The summed E-state index contributed by atoms with van der Waals surface area (Å²) in [5.74, 6) is 0.00619. The maximum Gasteiger partial charge on any atom is 0.248 e. The van der Waals surface area contributed by atoms with Crippen LogP contribution in [0, 0.1) is 0 Å². The molecule has 0 aliphatic carbocycles. The molecular formula is C16H18N2O4S2. The van der Waals surface area contributed by atoms with E-state index in [9.17, 15) is 13.2 Å². The molecular weight excluding hydrogens is 348 g/mol. The van der Waals surface area contributed by atoms with E-state index in [0.717, 1.165) is 9.18 Å². The predicted molar refractivity (Wildman–Crippen MR) is 95.8 cm³/mol. The van der Waals surface area contributed by atoms with Crippen molar-refractivity contribution in [2.45, 2.75) is 4.90 Å². The number of nitrogens with one attached hydrogen (secondary N) is 1. The van der Waals surface area contributed by atoms with E-state index in [-0.39, 0.29) is 10.8 Å². The van der Waals surface area contributed by atoms with Gasteiger partial charge in [-0.25, -0.2) is 12.7 Å². The van der Waals surface area contributed by atoms with E-state index in [1.807, 2.05) is 17.5 Å². The number of hydrogen-bond donors (Lipinski definition) is 1. The van der Waals surface area contributed by atoms with Gasteiger partial charge in [0.25, 0.3) is 0 Å². The van der Waals surface area contributed by atoms with Gasteiger partial charge in [-0.1, -0.05) is 6.07 Å². The maximum atomic E-state index is 12.2. The number of sulfonamides is 1. The molecule has 1 N–H and O–H groups in total. The summed E-state index contributed by atoms with van der Waals surface area (Å²) in [6.45, 7) is 0.